The Morgan fingerprint density at radius 3 is 2.27 bits per heavy atom. The van der Waals surface area contributed by atoms with Gasteiger partial charge in [0.25, 0.3) is 0 Å². The Bertz CT molecular complexity index is 232. The van der Waals surface area contributed by atoms with Gasteiger partial charge in [-0.3, -0.25) is 0 Å². The molecular formula is C12H23BrOSi. The van der Waals surface area contributed by atoms with Gasteiger partial charge in [0.1, 0.15) is 0 Å². The average Bonchev–Trinajstić information content (AvgIpc) is 2.09. The summed E-state index contributed by atoms with van der Waals surface area (Å²) in [5, 5.41) is 1.09. The van der Waals surface area contributed by atoms with Crippen molar-refractivity contribution in [3.63, 3.8) is 0 Å². The fraction of sp³-hybridized carbons (Fsp3) is 0.833. The highest BCUT2D eigenvalue weighted by Gasteiger charge is 2.36. The maximum atomic E-state index is 6.03. The third-order valence-electron chi connectivity index (χ3n) is 2.91. The van der Waals surface area contributed by atoms with Gasteiger partial charge in [0.05, 0.1) is 5.33 Å². The van der Waals surface area contributed by atoms with Crippen LogP contribution < -0.4 is 0 Å². The molecule has 0 aromatic heterocycles. The molecule has 0 atom stereocenters. The minimum atomic E-state index is -1.53. The second-order valence-corrected chi connectivity index (χ2v) is 10.6. The molecule has 0 unspecified atom stereocenters. The molecule has 0 bridgehead atoms. The van der Waals surface area contributed by atoms with E-state index in [9.17, 15) is 0 Å². The molecule has 0 spiro atoms. The Labute approximate surface area is 104 Å². The zero-order valence-corrected chi connectivity index (χ0v) is 13.2. The Kier molecular flexibility index (Phi) is 6.82. The SMILES string of the molecule is CC(C)(C)[Si](C)(C)OCCCC#CCBr. The summed E-state index contributed by atoms with van der Waals surface area (Å²) >= 11 is 3.28. The second kappa shape index (κ2) is 6.73. The molecular weight excluding hydrogens is 268 g/mol. The van der Waals surface area contributed by atoms with Crippen molar-refractivity contribution < 1.29 is 4.43 Å². The Hall–Kier alpha value is 0.217. The van der Waals surface area contributed by atoms with Crippen LogP contribution in [0.4, 0.5) is 0 Å². The first-order valence-corrected chi connectivity index (χ1v) is 9.50. The summed E-state index contributed by atoms with van der Waals surface area (Å²) < 4.78 is 6.03. The van der Waals surface area contributed by atoms with E-state index < -0.39 is 8.32 Å². The second-order valence-electron chi connectivity index (χ2n) is 5.20. The van der Waals surface area contributed by atoms with Gasteiger partial charge in [-0.25, -0.2) is 0 Å². The Morgan fingerprint density at radius 2 is 1.80 bits per heavy atom. The van der Waals surface area contributed by atoms with Gasteiger partial charge in [0.15, 0.2) is 8.32 Å². The maximum absolute atomic E-state index is 6.03. The normalized spacial score (nSPS) is 12.1. The highest BCUT2D eigenvalue weighted by molar-refractivity contribution is 9.09. The zero-order valence-electron chi connectivity index (χ0n) is 10.6. The summed E-state index contributed by atoms with van der Waals surface area (Å²) in [5.74, 6) is 6.10. The highest BCUT2D eigenvalue weighted by Crippen LogP contribution is 2.36. The maximum Gasteiger partial charge on any atom is 0.191 e. The summed E-state index contributed by atoms with van der Waals surface area (Å²) in [4.78, 5) is 0. The molecule has 0 aliphatic rings. The third kappa shape index (κ3) is 6.39. The van der Waals surface area contributed by atoms with E-state index in [0.29, 0.717) is 5.04 Å². The number of hydrogen-bond donors (Lipinski definition) is 0. The fourth-order valence-corrected chi connectivity index (χ4v) is 2.13. The van der Waals surface area contributed by atoms with Crippen molar-refractivity contribution in [3.05, 3.63) is 0 Å². The monoisotopic (exact) mass is 290 g/mol. The number of rotatable bonds is 4. The van der Waals surface area contributed by atoms with Crippen LogP contribution in [-0.4, -0.2) is 20.3 Å². The summed E-state index contributed by atoms with van der Waals surface area (Å²) in [5.41, 5.74) is 0. The largest absolute Gasteiger partial charge is 0.417 e. The van der Waals surface area contributed by atoms with E-state index in [0.717, 1.165) is 24.8 Å². The van der Waals surface area contributed by atoms with Crippen molar-refractivity contribution in [3.8, 4) is 11.8 Å². The standard InChI is InChI=1S/C12H23BrOSi/c1-12(2,3)15(4,5)14-11-9-7-6-8-10-13/h7,9-11H2,1-5H3. The molecule has 0 aliphatic heterocycles. The first-order valence-electron chi connectivity index (χ1n) is 5.47. The van der Waals surface area contributed by atoms with Crippen molar-refractivity contribution in [1.29, 1.82) is 0 Å². The molecule has 15 heavy (non-hydrogen) atoms. The third-order valence-corrected chi connectivity index (χ3v) is 7.73. The number of unbranched alkanes of at least 4 members (excludes halogenated alkanes) is 1. The van der Waals surface area contributed by atoms with Crippen molar-refractivity contribution in [2.24, 2.45) is 0 Å². The molecule has 0 saturated heterocycles. The van der Waals surface area contributed by atoms with Crippen molar-refractivity contribution in [2.75, 3.05) is 11.9 Å². The lowest BCUT2D eigenvalue weighted by Crippen LogP contribution is -2.40. The van der Waals surface area contributed by atoms with Crippen LogP contribution in [0.3, 0.4) is 0 Å². The molecule has 0 N–H and O–H groups in total. The number of hydrogen-bond acceptors (Lipinski definition) is 1. The molecule has 1 nitrogen and oxygen atoms in total. The van der Waals surface area contributed by atoms with Gasteiger partial charge < -0.3 is 4.43 Å². The molecule has 0 aromatic rings. The van der Waals surface area contributed by atoms with Crippen molar-refractivity contribution >= 4 is 24.2 Å². The molecule has 0 aromatic carbocycles. The number of halogens is 1. The minimum absolute atomic E-state index is 0.314. The van der Waals surface area contributed by atoms with E-state index >= 15 is 0 Å². The van der Waals surface area contributed by atoms with E-state index in [2.05, 4.69) is 61.6 Å². The van der Waals surface area contributed by atoms with Crippen LogP contribution in [0.1, 0.15) is 33.6 Å². The molecule has 0 fully saturated rings. The smallest absolute Gasteiger partial charge is 0.191 e. The summed E-state index contributed by atoms with van der Waals surface area (Å²) in [6.07, 6.45) is 1.99. The molecule has 0 radical (unpaired) electrons. The predicted octanol–water partition coefficient (Wildman–Crippen LogP) is 4.19. The van der Waals surface area contributed by atoms with Gasteiger partial charge in [0.2, 0.25) is 0 Å². The van der Waals surface area contributed by atoms with Crippen molar-refractivity contribution in [2.45, 2.75) is 51.7 Å². The quantitative estimate of drug-likeness (QED) is 0.327. The van der Waals surface area contributed by atoms with E-state index in [-0.39, 0.29) is 0 Å². The molecule has 0 rings (SSSR count). The van der Waals surface area contributed by atoms with Crippen LogP contribution in [0.15, 0.2) is 0 Å². The van der Waals surface area contributed by atoms with E-state index in [1.165, 1.54) is 0 Å². The highest BCUT2D eigenvalue weighted by atomic mass is 79.9. The van der Waals surface area contributed by atoms with Crippen LogP contribution in [0.5, 0.6) is 0 Å². The molecule has 88 valence electrons. The number of alkyl halides is 1. The minimum Gasteiger partial charge on any atom is -0.417 e. The van der Waals surface area contributed by atoms with Gasteiger partial charge in [-0.15, -0.1) is 5.92 Å². The van der Waals surface area contributed by atoms with Crippen LogP contribution in [-0.2, 0) is 4.43 Å². The Morgan fingerprint density at radius 1 is 1.20 bits per heavy atom. The van der Waals surface area contributed by atoms with Crippen LogP contribution in [0.2, 0.25) is 18.1 Å². The van der Waals surface area contributed by atoms with Gasteiger partial charge >= 0.3 is 0 Å². The first-order chi connectivity index (χ1) is 6.81. The molecule has 0 aliphatic carbocycles. The van der Waals surface area contributed by atoms with Crippen LogP contribution in [0, 0.1) is 11.8 Å². The van der Waals surface area contributed by atoms with E-state index in [4.69, 9.17) is 4.43 Å². The van der Waals surface area contributed by atoms with E-state index in [1.807, 2.05) is 0 Å². The van der Waals surface area contributed by atoms with Crippen LogP contribution in [0.25, 0.3) is 0 Å². The predicted molar refractivity (Wildman–Crippen MR) is 74.0 cm³/mol. The summed E-state index contributed by atoms with van der Waals surface area (Å²) in [6.45, 7) is 12.2. The van der Waals surface area contributed by atoms with Gasteiger partial charge in [0, 0.05) is 13.0 Å². The lowest BCUT2D eigenvalue weighted by atomic mass is 10.2. The molecule has 3 heteroatoms. The molecule has 0 heterocycles. The molecule has 0 amide bonds. The molecule has 0 saturated carbocycles. The first kappa shape index (κ1) is 15.2. The lowest BCUT2D eigenvalue weighted by molar-refractivity contribution is 0.284. The zero-order chi connectivity index (χ0) is 11.9. The average molecular weight is 291 g/mol. The fourth-order valence-electron chi connectivity index (χ4n) is 0.840. The summed E-state index contributed by atoms with van der Waals surface area (Å²) in [7, 11) is -1.53. The summed E-state index contributed by atoms with van der Waals surface area (Å²) in [6, 6.07) is 0. The van der Waals surface area contributed by atoms with Crippen molar-refractivity contribution in [1.82, 2.24) is 0 Å². The van der Waals surface area contributed by atoms with Gasteiger partial charge in [-0.05, 0) is 24.6 Å². The van der Waals surface area contributed by atoms with Gasteiger partial charge in [-0.2, -0.15) is 0 Å². The van der Waals surface area contributed by atoms with Crippen LogP contribution >= 0.6 is 15.9 Å². The lowest BCUT2D eigenvalue weighted by Gasteiger charge is -2.36. The topological polar surface area (TPSA) is 9.23 Å². The van der Waals surface area contributed by atoms with Gasteiger partial charge in [-0.1, -0.05) is 42.6 Å². The van der Waals surface area contributed by atoms with E-state index in [1.54, 1.807) is 0 Å². The Balaban J connectivity index is 3.77.